The van der Waals surface area contributed by atoms with Gasteiger partial charge < -0.3 is 10.1 Å². The van der Waals surface area contributed by atoms with Crippen molar-refractivity contribution in [3.8, 4) is 11.8 Å². The molecule has 0 spiro atoms. The number of nitrogens with zero attached hydrogens (tertiary/aromatic N) is 1. The van der Waals surface area contributed by atoms with E-state index < -0.39 is 11.9 Å². The van der Waals surface area contributed by atoms with E-state index in [-0.39, 0.29) is 34.6 Å². The van der Waals surface area contributed by atoms with Crippen LogP contribution in [0, 0.1) is 17.2 Å². The van der Waals surface area contributed by atoms with E-state index in [1.807, 2.05) is 19.9 Å². The summed E-state index contributed by atoms with van der Waals surface area (Å²) >= 11 is 5.86. The molecule has 0 saturated carbocycles. The van der Waals surface area contributed by atoms with Gasteiger partial charge in [0.15, 0.2) is 12.4 Å². The van der Waals surface area contributed by atoms with E-state index in [0.717, 1.165) is 0 Å². The van der Waals surface area contributed by atoms with Gasteiger partial charge in [-0.05, 0) is 25.0 Å². The molecule has 6 heteroatoms. The molecule has 1 atom stereocenters. The van der Waals surface area contributed by atoms with Gasteiger partial charge >= 0.3 is 0 Å². The fourth-order valence-electron chi connectivity index (χ4n) is 1.83. The van der Waals surface area contributed by atoms with Crippen LogP contribution >= 0.6 is 11.6 Å². The van der Waals surface area contributed by atoms with Crippen molar-refractivity contribution in [2.75, 3.05) is 6.61 Å². The topological polar surface area (TPSA) is 79.2 Å². The fraction of sp³-hybridized carbons (Fsp3) is 0.400. The number of ketones is 1. The minimum Gasteiger partial charge on any atom is -0.482 e. The van der Waals surface area contributed by atoms with Gasteiger partial charge in [-0.25, -0.2) is 0 Å². The lowest BCUT2D eigenvalue weighted by Gasteiger charge is -2.19. The summed E-state index contributed by atoms with van der Waals surface area (Å²) in [7, 11) is 0. The van der Waals surface area contributed by atoms with Crippen LogP contribution in [0.2, 0.25) is 5.02 Å². The van der Waals surface area contributed by atoms with Gasteiger partial charge in [-0.15, -0.1) is 0 Å². The van der Waals surface area contributed by atoms with Crippen molar-refractivity contribution < 1.29 is 14.3 Å². The summed E-state index contributed by atoms with van der Waals surface area (Å²) in [6.45, 7) is 4.83. The maximum Gasteiger partial charge on any atom is 0.258 e. The van der Waals surface area contributed by atoms with Crippen molar-refractivity contribution in [2.45, 2.75) is 26.8 Å². The Bertz CT molecular complexity index is 579. The molecule has 0 bridgehead atoms. The quantitative estimate of drug-likeness (QED) is 0.874. The second-order valence-corrected chi connectivity index (χ2v) is 5.32. The minimum absolute atomic E-state index is 0.00714. The molecule has 1 aromatic rings. The molecule has 1 unspecified atom stereocenters. The molecule has 0 fully saturated rings. The largest absolute Gasteiger partial charge is 0.482 e. The lowest BCUT2D eigenvalue weighted by atomic mass is 10.0. The first-order valence-corrected chi connectivity index (χ1v) is 6.85. The van der Waals surface area contributed by atoms with Gasteiger partial charge in [0, 0.05) is 0 Å². The second-order valence-electron chi connectivity index (χ2n) is 4.91. The van der Waals surface area contributed by atoms with Crippen LogP contribution in [0.4, 0.5) is 0 Å². The molecule has 0 radical (unpaired) electrons. The van der Waals surface area contributed by atoms with E-state index in [0.29, 0.717) is 0 Å². The Labute approximate surface area is 128 Å². The third kappa shape index (κ3) is 4.76. The zero-order valence-electron chi connectivity index (χ0n) is 12.1. The molecule has 0 heterocycles. The first-order chi connectivity index (χ1) is 9.86. The predicted molar refractivity (Wildman–Crippen MR) is 79.1 cm³/mol. The highest BCUT2D eigenvalue weighted by Gasteiger charge is 2.21. The van der Waals surface area contributed by atoms with Crippen molar-refractivity contribution >= 4 is 23.3 Å². The molecule has 1 rings (SSSR count). The van der Waals surface area contributed by atoms with Crippen molar-refractivity contribution in [3.63, 3.8) is 0 Å². The zero-order chi connectivity index (χ0) is 16.0. The summed E-state index contributed by atoms with van der Waals surface area (Å²) < 4.78 is 5.30. The van der Waals surface area contributed by atoms with E-state index in [2.05, 4.69) is 5.32 Å². The van der Waals surface area contributed by atoms with E-state index in [1.165, 1.54) is 6.92 Å². The lowest BCUT2D eigenvalue weighted by Crippen LogP contribution is -2.45. The molecular formula is C15H17ClN2O3. The van der Waals surface area contributed by atoms with Crippen molar-refractivity contribution in [1.82, 2.24) is 5.32 Å². The Morgan fingerprint density at radius 2 is 2.10 bits per heavy atom. The van der Waals surface area contributed by atoms with Gasteiger partial charge in [0.1, 0.15) is 17.4 Å². The Kier molecular flexibility index (Phi) is 6.19. The summed E-state index contributed by atoms with van der Waals surface area (Å²) in [5.74, 6) is -0.303. The van der Waals surface area contributed by atoms with Crippen LogP contribution in [0.15, 0.2) is 18.2 Å². The number of hydrogen-bond donors (Lipinski definition) is 1. The first-order valence-electron chi connectivity index (χ1n) is 6.48. The third-order valence-corrected chi connectivity index (χ3v) is 3.18. The summed E-state index contributed by atoms with van der Waals surface area (Å²) in [5, 5.41) is 11.9. The number of nitriles is 1. The van der Waals surface area contributed by atoms with Gasteiger partial charge in [0.2, 0.25) is 0 Å². The van der Waals surface area contributed by atoms with Gasteiger partial charge in [-0.2, -0.15) is 5.26 Å². The monoisotopic (exact) mass is 308 g/mol. The van der Waals surface area contributed by atoms with Gasteiger partial charge in [-0.3, -0.25) is 9.59 Å². The summed E-state index contributed by atoms with van der Waals surface area (Å²) in [6.07, 6.45) is 0. The maximum absolute atomic E-state index is 11.8. The average Bonchev–Trinajstić information content (AvgIpc) is 2.41. The fourth-order valence-corrected chi connectivity index (χ4v) is 2.04. The van der Waals surface area contributed by atoms with Crippen molar-refractivity contribution in [2.24, 2.45) is 5.92 Å². The van der Waals surface area contributed by atoms with Crippen LogP contribution in [0.25, 0.3) is 0 Å². The number of halogens is 1. The van der Waals surface area contributed by atoms with E-state index in [9.17, 15) is 9.59 Å². The molecular weight excluding hydrogens is 292 g/mol. The van der Waals surface area contributed by atoms with Crippen LogP contribution in [0.5, 0.6) is 5.75 Å². The van der Waals surface area contributed by atoms with Crippen molar-refractivity contribution in [1.29, 1.82) is 5.26 Å². The summed E-state index contributed by atoms with van der Waals surface area (Å²) in [6, 6.07) is 6.13. The van der Waals surface area contributed by atoms with Crippen LogP contribution in [0.1, 0.15) is 26.3 Å². The lowest BCUT2D eigenvalue weighted by molar-refractivity contribution is -0.129. The molecule has 21 heavy (non-hydrogen) atoms. The van der Waals surface area contributed by atoms with E-state index in [4.69, 9.17) is 21.6 Å². The van der Waals surface area contributed by atoms with E-state index in [1.54, 1.807) is 18.2 Å². The minimum atomic E-state index is -0.545. The van der Waals surface area contributed by atoms with E-state index >= 15 is 0 Å². The normalized spacial score (nSPS) is 11.6. The Balaban J connectivity index is 2.68. The zero-order valence-corrected chi connectivity index (χ0v) is 12.9. The number of hydrogen-bond acceptors (Lipinski definition) is 4. The molecule has 112 valence electrons. The maximum atomic E-state index is 11.8. The number of benzene rings is 1. The smallest absolute Gasteiger partial charge is 0.258 e. The molecule has 1 N–H and O–H groups in total. The highest BCUT2D eigenvalue weighted by molar-refractivity contribution is 6.31. The predicted octanol–water partition coefficient (Wildman–Crippen LogP) is 2.32. The Hall–Kier alpha value is -2.06. The molecule has 1 amide bonds. The molecule has 5 nitrogen and oxygen atoms in total. The van der Waals surface area contributed by atoms with Crippen LogP contribution in [-0.4, -0.2) is 24.3 Å². The number of carbonyl (C=O) groups is 2. The first kappa shape index (κ1) is 17.0. The SMILES string of the molecule is CC(=O)C(NC(=O)COc1cccc(Cl)c1C#N)C(C)C. The molecule has 0 aliphatic carbocycles. The molecule has 1 aromatic carbocycles. The molecule has 0 aliphatic heterocycles. The number of carbonyl (C=O) groups excluding carboxylic acids is 2. The average molecular weight is 309 g/mol. The van der Waals surface area contributed by atoms with Gasteiger partial charge in [0.05, 0.1) is 11.1 Å². The van der Waals surface area contributed by atoms with Crippen LogP contribution in [-0.2, 0) is 9.59 Å². The number of amides is 1. The number of ether oxygens (including phenoxy) is 1. The number of Topliss-reactive ketones (excluding diaryl/α,β-unsaturated/α-hetero) is 1. The van der Waals surface area contributed by atoms with Crippen molar-refractivity contribution in [3.05, 3.63) is 28.8 Å². The summed E-state index contributed by atoms with van der Waals surface area (Å²) in [4.78, 5) is 23.2. The molecule has 0 aliphatic rings. The number of rotatable bonds is 6. The Morgan fingerprint density at radius 3 is 2.62 bits per heavy atom. The molecule has 0 aromatic heterocycles. The molecule has 0 saturated heterocycles. The van der Waals surface area contributed by atoms with Crippen LogP contribution < -0.4 is 10.1 Å². The standard InChI is InChI=1S/C15H17ClN2O3/c1-9(2)15(10(3)19)18-14(20)8-21-13-6-4-5-12(16)11(13)7-17/h4-6,9,15H,8H2,1-3H3,(H,18,20). The van der Waals surface area contributed by atoms with Crippen LogP contribution in [0.3, 0.4) is 0 Å². The van der Waals surface area contributed by atoms with Gasteiger partial charge in [-0.1, -0.05) is 31.5 Å². The summed E-state index contributed by atoms with van der Waals surface area (Å²) in [5.41, 5.74) is 0.180. The number of nitrogens with one attached hydrogen (secondary N) is 1. The van der Waals surface area contributed by atoms with Gasteiger partial charge in [0.25, 0.3) is 5.91 Å². The second kappa shape index (κ2) is 7.65. The highest BCUT2D eigenvalue weighted by atomic mass is 35.5. The Morgan fingerprint density at radius 1 is 1.43 bits per heavy atom. The third-order valence-electron chi connectivity index (χ3n) is 2.87. The highest BCUT2D eigenvalue weighted by Crippen LogP contribution is 2.25.